The van der Waals surface area contributed by atoms with Gasteiger partial charge in [0.2, 0.25) is 11.8 Å². The number of methoxy groups -OCH3 is 2. The van der Waals surface area contributed by atoms with Crippen LogP contribution in [-0.4, -0.2) is 33.8 Å². The van der Waals surface area contributed by atoms with Crippen LogP contribution in [0.3, 0.4) is 0 Å². The van der Waals surface area contributed by atoms with E-state index in [1.54, 1.807) is 38.7 Å². The summed E-state index contributed by atoms with van der Waals surface area (Å²) in [6.07, 6.45) is 1.56. The van der Waals surface area contributed by atoms with Crippen molar-refractivity contribution in [3.63, 3.8) is 0 Å². The van der Waals surface area contributed by atoms with E-state index < -0.39 is 0 Å². The number of aromatic nitrogens is 4. The topological polar surface area (TPSA) is 101 Å². The Bertz CT molecular complexity index is 1020. The fourth-order valence-corrected chi connectivity index (χ4v) is 2.65. The zero-order valence-corrected chi connectivity index (χ0v) is 13.6. The molecule has 0 unspecified atom stereocenters. The third kappa shape index (κ3) is 2.44. The van der Waals surface area contributed by atoms with Crippen LogP contribution in [0, 0.1) is 0 Å². The molecule has 4 rings (SSSR count). The van der Waals surface area contributed by atoms with E-state index in [0.717, 1.165) is 0 Å². The number of anilines is 1. The molecule has 0 radical (unpaired) electrons. The van der Waals surface area contributed by atoms with Crippen molar-refractivity contribution in [1.82, 2.24) is 19.6 Å². The Balaban J connectivity index is 1.93. The number of furan rings is 1. The van der Waals surface area contributed by atoms with Gasteiger partial charge in [-0.25, -0.2) is 9.97 Å². The molecule has 2 N–H and O–H groups in total. The lowest BCUT2D eigenvalue weighted by atomic mass is 10.1. The highest BCUT2D eigenvalue weighted by molar-refractivity contribution is 5.77. The Kier molecular flexibility index (Phi) is 3.50. The number of benzene rings is 1. The average molecular weight is 337 g/mol. The van der Waals surface area contributed by atoms with Gasteiger partial charge < -0.3 is 19.6 Å². The van der Waals surface area contributed by atoms with Crippen molar-refractivity contribution in [2.75, 3.05) is 20.0 Å². The lowest BCUT2D eigenvalue weighted by molar-refractivity contribution is 0.397. The van der Waals surface area contributed by atoms with Crippen molar-refractivity contribution >= 4 is 11.6 Å². The predicted octanol–water partition coefficient (Wildman–Crippen LogP) is 2.65. The summed E-state index contributed by atoms with van der Waals surface area (Å²) in [5, 5.41) is 4.34. The van der Waals surface area contributed by atoms with Crippen molar-refractivity contribution in [2.45, 2.75) is 0 Å². The van der Waals surface area contributed by atoms with Crippen molar-refractivity contribution in [3.8, 4) is 34.3 Å². The Hall–Kier alpha value is -3.55. The Morgan fingerprint density at radius 1 is 1.04 bits per heavy atom. The fourth-order valence-electron chi connectivity index (χ4n) is 2.65. The summed E-state index contributed by atoms with van der Waals surface area (Å²) in [5.74, 6) is 2.44. The standard InChI is InChI=1S/C17H15N5O3/c1-23-11-5-3-6-12(24-2)15(11)10-9-14-20-16(13-7-4-8-25-13)21-22(14)17(18)19-10/h3-9H,1-2H3,(H2,18,19). The first-order valence-electron chi connectivity index (χ1n) is 7.50. The monoisotopic (exact) mass is 337 g/mol. The van der Waals surface area contributed by atoms with Crippen LogP contribution in [0.1, 0.15) is 0 Å². The van der Waals surface area contributed by atoms with E-state index in [2.05, 4.69) is 15.1 Å². The number of hydrogen-bond donors (Lipinski definition) is 1. The van der Waals surface area contributed by atoms with Crippen molar-refractivity contribution in [1.29, 1.82) is 0 Å². The minimum atomic E-state index is 0.200. The molecule has 0 saturated heterocycles. The maximum absolute atomic E-state index is 6.08. The molecule has 3 heterocycles. The third-order valence-corrected chi connectivity index (χ3v) is 3.78. The van der Waals surface area contributed by atoms with Crippen LogP contribution in [0.25, 0.3) is 28.5 Å². The zero-order chi connectivity index (χ0) is 17.4. The highest BCUT2D eigenvalue weighted by Crippen LogP contribution is 2.38. The lowest BCUT2D eigenvalue weighted by Crippen LogP contribution is -2.04. The van der Waals surface area contributed by atoms with Crippen LogP contribution >= 0.6 is 0 Å². The van der Waals surface area contributed by atoms with E-state index >= 15 is 0 Å². The molecule has 0 fully saturated rings. The van der Waals surface area contributed by atoms with Crippen LogP contribution in [0.2, 0.25) is 0 Å². The first kappa shape index (κ1) is 15.0. The number of fused-ring (bicyclic) bond motifs is 1. The van der Waals surface area contributed by atoms with Crippen molar-refractivity contribution < 1.29 is 13.9 Å². The zero-order valence-electron chi connectivity index (χ0n) is 13.6. The van der Waals surface area contributed by atoms with Gasteiger partial charge in [-0.05, 0) is 24.3 Å². The number of hydrogen-bond acceptors (Lipinski definition) is 7. The van der Waals surface area contributed by atoms with Crippen LogP contribution < -0.4 is 15.2 Å². The highest BCUT2D eigenvalue weighted by atomic mass is 16.5. The van der Waals surface area contributed by atoms with Crippen LogP contribution in [0.15, 0.2) is 47.1 Å². The van der Waals surface area contributed by atoms with Crippen molar-refractivity contribution in [2.24, 2.45) is 0 Å². The molecule has 0 amide bonds. The van der Waals surface area contributed by atoms with Crippen molar-refractivity contribution in [3.05, 3.63) is 42.7 Å². The van der Waals surface area contributed by atoms with Gasteiger partial charge in [-0.1, -0.05) is 6.07 Å². The van der Waals surface area contributed by atoms with Gasteiger partial charge in [0.05, 0.1) is 31.7 Å². The fraction of sp³-hybridized carbons (Fsp3) is 0.118. The van der Waals surface area contributed by atoms with Gasteiger partial charge in [-0.3, -0.25) is 0 Å². The maximum Gasteiger partial charge on any atom is 0.223 e. The Morgan fingerprint density at radius 3 is 2.44 bits per heavy atom. The normalized spacial score (nSPS) is 11.0. The quantitative estimate of drug-likeness (QED) is 0.611. The molecule has 8 nitrogen and oxygen atoms in total. The summed E-state index contributed by atoms with van der Waals surface area (Å²) in [7, 11) is 3.18. The Labute approximate surface area is 142 Å². The molecule has 0 atom stereocenters. The highest BCUT2D eigenvalue weighted by Gasteiger charge is 2.18. The summed E-state index contributed by atoms with van der Waals surface area (Å²) in [5.41, 5.74) is 7.90. The van der Waals surface area contributed by atoms with Crippen LogP contribution in [0.4, 0.5) is 5.95 Å². The van der Waals surface area contributed by atoms with Gasteiger partial charge in [0.25, 0.3) is 0 Å². The van der Waals surface area contributed by atoms with E-state index in [4.69, 9.17) is 19.6 Å². The largest absolute Gasteiger partial charge is 0.496 e. The molecule has 3 aromatic heterocycles. The summed E-state index contributed by atoms with van der Waals surface area (Å²) in [6, 6.07) is 10.8. The van der Waals surface area contributed by atoms with Gasteiger partial charge >= 0.3 is 0 Å². The van der Waals surface area contributed by atoms with Gasteiger partial charge in [-0.15, -0.1) is 5.10 Å². The first-order valence-corrected chi connectivity index (χ1v) is 7.50. The molecule has 4 aromatic rings. The second-order valence-corrected chi connectivity index (χ2v) is 5.22. The van der Waals surface area contributed by atoms with Gasteiger partial charge in [0.1, 0.15) is 11.5 Å². The smallest absolute Gasteiger partial charge is 0.223 e. The summed E-state index contributed by atoms with van der Waals surface area (Å²) in [6.45, 7) is 0. The number of nitrogen functional groups attached to an aromatic ring is 1. The SMILES string of the molecule is COc1cccc(OC)c1-c1cc2nc(-c3ccco3)nn2c(N)n1. The molecular weight excluding hydrogens is 322 g/mol. The number of nitrogens with zero attached hydrogens (tertiary/aromatic N) is 4. The van der Waals surface area contributed by atoms with E-state index in [0.29, 0.717) is 40.0 Å². The van der Waals surface area contributed by atoms with E-state index in [9.17, 15) is 0 Å². The van der Waals surface area contributed by atoms with Crippen LogP contribution in [0.5, 0.6) is 11.5 Å². The van der Waals surface area contributed by atoms with Gasteiger partial charge in [0, 0.05) is 6.07 Å². The van der Waals surface area contributed by atoms with E-state index in [-0.39, 0.29) is 5.95 Å². The van der Waals surface area contributed by atoms with Gasteiger partial charge in [0.15, 0.2) is 11.4 Å². The molecule has 0 aliphatic heterocycles. The average Bonchev–Trinajstić information content (AvgIpc) is 3.30. The number of nitrogens with two attached hydrogens (primary N) is 1. The molecule has 0 aliphatic rings. The Morgan fingerprint density at radius 2 is 1.80 bits per heavy atom. The third-order valence-electron chi connectivity index (χ3n) is 3.78. The predicted molar refractivity (Wildman–Crippen MR) is 91.4 cm³/mol. The number of rotatable bonds is 4. The second kappa shape index (κ2) is 5.82. The molecule has 126 valence electrons. The van der Waals surface area contributed by atoms with Crippen LogP contribution in [-0.2, 0) is 0 Å². The summed E-state index contributed by atoms with van der Waals surface area (Å²) < 4.78 is 17.7. The summed E-state index contributed by atoms with van der Waals surface area (Å²) in [4.78, 5) is 8.90. The molecular formula is C17H15N5O3. The molecule has 0 aliphatic carbocycles. The summed E-state index contributed by atoms with van der Waals surface area (Å²) >= 11 is 0. The molecule has 0 saturated carbocycles. The molecule has 8 heteroatoms. The van der Waals surface area contributed by atoms with E-state index in [1.165, 1.54) is 4.52 Å². The second-order valence-electron chi connectivity index (χ2n) is 5.22. The van der Waals surface area contributed by atoms with Gasteiger partial charge in [-0.2, -0.15) is 4.52 Å². The van der Waals surface area contributed by atoms with E-state index in [1.807, 2.05) is 18.2 Å². The molecule has 0 bridgehead atoms. The molecule has 0 spiro atoms. The molecule has 1 aromatic carbocycles. The minimum absolute atomic E-state index is 0.200. The minimum Gasteiger partial charge on any atom is -0.496 e. The number of ether oxygens (including phenoxy) is 2. The molecule has 25 heavy (non-hydrogen) atoms. The first-order chi connectivity index (χ1) is 12.2. The lowest BCUT2D eigenvalue weighted by Gasteiger charge is -2.12. The maximum atomic E-state index is 6.08.